The summed E-state index contributed by atoms with van der Waals surface area (Å²) in [5.74, 6) is 0.647. The molecule has 0 aliphatic carbocycles. The van der Waals surface area contributed by atoms with Crippen molar-refractivity contribution >= 4 is 19.7 Å². The van der Waals surface area contributed by atoms with Crippen LogP contribution in [0.25, 0.3) is 0 Å². The van der Waals surface area contributed by atoms with Crippen LogP contribution in [0.3, 0.4) is 0 Å². The van der Waals surface area contributed by atoms with Crippen LogP contribution >= 0.6 is 0 Å². The minimum absolute atomic E-state index is 0.0905. The highest BCUT2D eigenvalue weighted by Crippen LogP contribution is 2.26. The second kappa shape index (κ2) is 9.53. The van der Waals surface area contributed by atoms with Crippen LogP contribution in [0, 0.1) is 0 Å². The molecule has 1 amide bonds. The third-order valence-electron chi connectivity index (χ3n) is 4.47. The van der Waals surface area contributed by atoms with Gasteiger partial charge in [-0.05, 0) is 38.1 Å². The molecular weight excluding hydrogens is 356 g/mol. The molecule has 27 heavy (non-hydrogen) atoms. The lowest BCUT2D eigenvalue weighted by molar-refractivity contribution is -0.114. The molecular formula is C21H34N2O3Si. The molecule has 0 saturated carbocycles. The second-order valence-electron chi connectivity index (χ2n) is 8.60. The highest BCUT2D eigenvalue weighted by molar-refractivity contribution is 6.76. The summed E-state index contributed by atoms with van der Waals surface area (Å²) in [6.45, 7) is 14.5. The van der Waals surface area contributed by atoms with E-state index in [0.717, 1.165) is 18.0 Å². The Bertz CT molecular complexity index is 655. The molecule has 1 aliphatic rings. The van der Waals surface area contributed by atoms with E-state index in [-0.39, 0.29) is 18.2 Å². The number of rotatable bonds is 9. The number of benzene rings is 1. The van der Waals surface area contributed by atoms with Crippen LogP contribution in [-0.2, 0) is 9.53 Å². The summed E-state index contributed by atoms with van der Waals surface area (Å²) in [5, 5.41) is 2.79. The number of carbonyl (C=O) groups is 1. The number of nitrogens with one attached hydrogen (secondary N) is 1. The minimum atomic E-state index is -1.07. The highest BCUT2D eigenvalue weighted by Gasteiger charge is 2.32. The predicted octanol–water partition coefficient (Wildman–Crippen LogP) is 4.35. The third-order valence-corrected chi connectivity index (χ3v) is 6.17. The molecule has 6 heteroatoms. The lowest BCUT2D eigenvalue weighted by Crippen LogP contribution is -2.46. The molecule has 0 saturated heterocycles. The summed E-state index contributed by atoms with van der Waals surface area (Å²) in [4.78, 5) is 13.6. The number of anilines is 1. The maximum Gasteiger partial charge on any atom is 0.221 e. The van der Waals surface area contributed by atoms with Crippen LogP contribution in [0.2, 0.25) is 25.7 Å². The van der Waals surface area contributed by atoms with E-state index in [1.165, 1.54) is 13.0 Å². The Morgan fingerprint density at radius 3 is 2.63 bits per heavy atom. The molecule has 2 unspecified atom stereocenters. The van der Waals surface area contributed by atoms with E-state index < -0.39 is 8.07 Å². The van der Waals surface area contributed by atoms with Gasteiger partial charge in [0, 0.05) is 39.4 Å². The van der Waals surface area contributed by atoms with Crippen molar-refractivity contribution in [1.29, 1.82) is 0 Å². The topological polar surface area (TPSA) is 50.8 Å². The lowest BCUT2D eigenvalue weighted by Gasteiger charge is -2.33. The van der Waals surface area contributed by atoms with Crippen molar-refractivity contribution in [1.82, 2.24) is 4.90 Å². The molecule has 1 aromatic carbocycles. The first-order valence-electron chi connectivity index (χ1n) is 9.73. The van der Waals surface area contributed by atoms with Crippen molar-refractivity contribution in [2.24, 2.45) is 0 Å². The Morgan fingerprint density at radius 2 is 2.00 bits per heavy atom. The van der Waals surface area contributed by atoms with Gasteiger partial charge in [0.1, 0.15) is 5.75 Å². The largest absolute Gasteiger partial charge is 0.471 e. The van der Waals surface area contributed by atoms with E-state index in [1.54, 1.807) is 0 Å². The van der Waals surface area contributed by atoms with E-state index in [2.05, 4.69) is 55.9 Å². The zero-order valence-corrected chi connectivity index (χ0v) is 18.5. The van der Waals surface area contributed by atoms with Gasteiger partial charge < -0.3 is 14.8 Å². The van der Waals surface area contributed by atoms with Gasteiger partial charge in [0.15, 0.2) is 6.23 Å². The molecule has 0 spiro atoms. The molecule has 1 aromatic rings. The van der Waals surface area contributed by atoms with Crippen LogP contribution < -0.4 is 10.1 Å². The van der Waals surface area contributed by atoms with Crippen LogP contribution in [0.5, 0.6) is 5.75 Å². The van der Waals surface area contributed by atoms with Crippen LogP contribution in [0.1, 0.15) is 20.8 Å². The molecule has 5 nitrogen and oxygen atoms in total. The summed E-state index contributed by atoms with van der Waals surface area (Å²) in [6.07, 6.45) is 4.14. The van der Waals surface area contributed by atoms with Gasteiger partial charge in [-0.2, -0.15) is 0 Å². The number of ether oxygens (including phenoxy) is 2. The van der Waals surface area contributed by atoms with Gasteiger partial charge in [0.2, 0.25) is 5.91 Å². The normalized spacial score (nSPS) is 20.3. The highest BCUT2D eigenvalue weighted by atomic mass is 28.3. The van der Waals surface area contributed by atoms with E-state index in [4.69, 9.17) is 9.47 Å². The lowest BCUT2D eigenvalue weighted by atomic mass is 10.2. The summed E-state index contributed by atoms with van der Waals surface area (Å²) in [7, 11) is -1.07. The van der Waals surface area contributed by atoms with Crippen LogP contribution in [0.15, 0.2) is 36.4 Å². The molecule has 1 aliphatic heterocycles. The fourth-order valence-electron chi connectivity index (χ4n) is 3.10. The van der Waals surface area contributed by atoms with E-state index in [0.29, 0.717) is 12.6 Å². The van der Waals surface area contributed by atoms with Gasteiger partial charge in [-0.1, -0.05) is 31.8 Å². The molecule has 0 aromatic heterocycles. The molecule has 1 heterocycles. The zero-order valence-electron chi connectivity index (χ0n) is 17.5. The molecule has 0 fully saturated rings. The second-order valence-corrected chi connectivity index (χ2v) is 14.2. The Balaban J connectivity index is 1.95. The molecule has 2 rings (SSSR count). The Kier molecular flexibility index (Phi) is 7.65. The van der Waals surface area contributed by atoms with Crippen molar-refractivity contribution in [3.8, 4) is 5.75 Å². The van der Waals surface area contributed by atoms with Crippen molar-refractivity contribution in [2.75, 3.05) is 18.5 Å². The number of nitrogens with zero attached hydrogens (tertiary/aromatic N) is 1. The van der Waals surface area contributed by atoms with Crippen molar-refractivity contribution in [2.45, 2.75) is 64.8 Å². The number of hydrogen-bond acceptors (Lipinski definition) is 4. The van der Waals surface area contributed by atoms with Gasteiger partial charge in [-0.3, -0.25) is 9.69 Å². The maximum absolute atomic E-state index is 11.3. The molecule has 1 N–H and O–H groups in total. The van der Waals surface area contributed by atoms with Gasteiger partial charge in [-0.15, -0.1) is 0 Å². The average Bonchev–Trinajstić information content (AvgIpc) is 2.93. The average molecular weight is 391 g/mol. The van der Waals surface area contributed by atoms with Crippen molar-refractivity contribution in [3.63, 3.8) is 0 Å². The van der Waals surface area contributed by atoms with Gasteiger partial charge >= 0.3 is 0 Å². The quantitative estimate of drug-likeness (QED) is 0.387. The molecule has 0 bridgehead atoms. The maximum atomic E-state index is 11.3. The Morgan fingerprint density at radius 1 is 1.26 bits per heavy atom. The SMILES string of the molecule is CC(=O)Nc1cccc(OC2C=CC(COCC[Si](C)(C)C)N2C(C)C)c1. The third kappa shape index (κ3) is 7.12. The first-order chi connectivity index (χ1) is 12.7. The Hall–Kier alpha value is -1.63. The smallest absolute Gasteiger partial charge is 0.221 e. The summed E-state index contributed by atoms with van der Waals surface area (Å²) >= 11 is 0. The number of amides is 1. The molecule has 150 valence electrons. The number of hydrogen-bond donors (Lipinski definition) is 1. The number of carbonyl (C=O) groups excluding carboxylic acids is 1. The van der Waals surface area contributed by atoms with Gasteiger partial charge in [0.05, 0.1) is 12.6 Å². The molecule has 0 radical (unpaired) electrons. The standard InChI is InChI=1S/C21H34N2O3Si/c1-16(2)23-19(15-25-12-13-27(4,5)6)10-11-21(23)26-20-9-7-8-18(14-20)22-17(3)24/h7-11,14,16,19,21H,12-13,15H2,1-6H3,(H,22,24). The Labute approximate surface area is 164 Å². The summed E-state index contributed by atoms with van der Waals surface area (Å²) < 4.78 is 12.2. The van der Waals surface area contributed by atoms with E-state index in [9.17, 15) is 4.79 Å². The summed E-state index contributed by atoms with van der Waals surface area (Å²) in [6, 6.07) is 9.23. The van der Waals surface area contributed by atoms with Gasteiger partial charge in [-0.25, -0.2) is 0 Å². The van der Waals surface area contributed by atoms with Crippen molar-refractivity contribution in [3.05, 3.63) is 36.4 Å². The molecule has 2 atom stereocenters. The van der Waals surface area contributed by atoms with Gasteiger partial charge in [0.25, 0.3) is 0 Å². The van der Waals surface area contributed by atoms with Crippen LogP contribution in [0.4, 0.5) is 5.69 Å². The van der Waals surface area contributed by atoms with E-state index in [1.807, 2.05) is 24.3 Å². The van der Waals surface area contributed by atoms with Crippen molar-refractivity contribution < 1.29 is 14.3 Å². The van der Waals surface area contributed by atoms with Crippen LogP contribution in [-0.4, -0.2) is 50.4 Å². The first kappa shape index (κ1) is 21.7. The fraction of sp³-hybridized carbons (Fsp3) is 0.571. The monoisotopic (exact) mass is 390 g/mol. The minimum Gasteiger partial charge on any atom is -0.471 e. The fourth-order valence-corrected chi connectivity index (χ4v) is 3.86. The predicted molar refractivity (Wildman–Crippen MR) is 114 cm³/mol. The zero-order chi connectivity index (χ0) is 20.0. The first-order valence-corrected chi connectivity index (χ1v) is 13.4. The van der Waals surface area contributed by atoms with E-state index >= 15 is 0 Å². The summed E-state index contributed by atoms with van der Waals surface area (Å²) in [5.41, 5.74) is 0.740.